The van der Waals surface area contributed by atoms with E-state index in [1.54, 1.807) is 0 Å². The van der Waals surface area contributed by atoms with E-state index in [0.717, 1.165) is 25.9 Å². The summed E-state index contributed by atoms with van der Waals surface area (Å²) in [6, 6.07) is 0.383. The molecule has 16 heavy (non-hydrogen) atoms. The van der Waals surface area contributed by atoms with Crippen molar-refractivity contribution >= 4 is 5.91 Å². The van der Waals surface area contributed by atoms with Crippen LogP contribution in [-0.4, -0.2) is 48.2 Å². The number of carbonyl (C=O) groups excluding carboxylic acids is 1. The fourth-order valence-electron chi connectivity index (χ4n) is 2.67. The Labute approximate surface area is 97.0 Å². The van der Waals surface area contributed by atoms with E-state index in [1.165, 1.54) is 19.3 Å². The molecule has 0 aromatic rings. The molecule has 1 aliphatic carbocycles. The highest BCUT2D eigenvalue weighted by Crippen LogP contribution is 2.24. The molecular weight excluding hydrogens is 204 g/mol. The minimum atomic E-state index is 0.0857. The molecule has 0 spiro atoms. The second kappa shape index (κ2) is 5.64. The molecule has 2 N–H and O–H groups in total. The molecule has 1 aliphatic heterocycles. The lowest BCUT2D eigenvalue weighted by molar-refractivity contribution is -0.140. The first-order valence-electron chi connectivity index (χ1n) is 6.45. The molecule has 1 amide bonds. The third-order valence-electron chi connectivity index (χ3n) is 3.77. The number of hydrogen-bond acceptors (Lipinski definition) is 3. The van der Waals surface area contributed by atoms with Crippen LogP contribution in [0.4, 0.5) is 0 Å². The maximum absolute atomic E-state index is 12.2. The molecule has 2 fully saturated rings. The van der Waals surface area contributed by atoms with Gasteiger partial charge < -0.3 is 15.3 Å². The molecule has 2 aliphatic rings. The average Bonchev–Trinajstić information content (AvgIpc) is 2.24. The Balaban J connectivity index is 1.93. The first kappa shape index (κ1) is 11.9. The van der Waals surface area contributed by atoms with E-state index >= 15 is 0 Å². The highest BCUT2D eigenvalue weighted by molar-refractivity contribution is 5.80. The topological polar surface area (TPSA) is 52.6 Å². The second-order valence-electron chi connectivity index (χ2n) is 4.90. The maximum Gasteiger partial charge on any atom is 0.228 e. The van der Waals surface area contributed by atoms with Crippen molar-refractivity contribution in [3.63, 3.8) is 0 Å². The van der Waals surface area contributed by atoms with Gasteiger partial charge in [-0.2, -0.15) is 0 Å². The third-order valence-corrected chi connectivity index (χ3v) is 3.77. The lowest BCUT2D eigenvalue weighted by Crippen LogP contribution is -2.55. The number of hydrogen-bond donors (Lipinski definition) is 2. The second-order valence-corrected chi connectivity index (χ2v) is 4.90. The van der Waals surface area contributed by atoms with Gasteiger partial charge in [-0.1, -0.05) is 19.3 Å². The molecular formula is C12H22N2O2. The molecule has 0 aromatic carbocycles. The van der Waals surface area contributed by atoms with E-state index in [4.69, 9.17) is 5.11 Å². The van der Waals surface area contributed by atoms with Gasteiger partial charge in [0.2, 0.25) is 5.91 Å². The Bertz CT molecular complexity index is 235. The summed E-state index contributed by atoms with van der Waals surface area (Å²) >= 11 is 0. The van der Waals surface area contributed by atoms with Crippen LogP contribution >= 0.6 is 0 Å². The van der Waals surface area contributed by atoms with Crippen LogP contribution in [0.2, 0.25) is 0 Å². The van der Waals surface area contributed by atoms with Crippen LogP contribution in [0.5, 0.6) is 0 Å². The zero-order valence-corrected chi connectivity index (χ0v) is 9.82. The van der Waals surface area contributed by atoms with Gasteiger partial charge in [0.25, 0.3) is 0 Å². The minimum absolute atomic E-state index is 0.0857. The summed E-state index contributed by atoms with van der Waals surface area (Å²) in [6.07, 6.45) is 5.98. The highest BCUT2D eigenvalue weighted by atomic mass is 16.3. The quantitative estimate of drug-likeness (QED) is 0.728. The highest BCUT2D eigenvalue weighted by Gasteiger charge is 2.33. The van der Waals surface area contributed by atoms with Gasteiger partial charge in [-0.15, -0.1) is 0 Å². The standard InChI is InChI=1S/C12H22N2O2/c15-7-6-14(11-4-2-1-3-5-11)12(16)10-8-13-9-10/h10-11,13,15H,1-9H2. The van der Waals surface area contributed by atoms with Crippen molar-refractivity contribution < 1.29 is 9.90 Å². The van der Waals surface area contributed by atoms with Crippen molar-refractivity contribution in [1.82, 2.24) is 10.2 Å². The number of amides is 1. The van der Waals surface area contributed by atoms with Gasteiger partial charge in [0.1, 0.15) is 0 Å². The molecule has 0 unspecified atom stereocenters. The van der Waals surface area contributed by atoms with Crippen LogP contribution in [0.3, 0.4) is 0 Å². The summed E-state index contributed by atoms with van der Waals surface area (Å²) in [5.41, 5.74) is 0. The van der Waals surface area contributed by atoms with Crippen molar-refractivity contribution in [1.29, 1.82) is 0 Å². The van der Waals surface area contributed by atoms with Gasteiger partial charge >= 0.3 is 0 Å². The monoisotopic (exact) mass is 226 g/mol. The summed E-state index contributed by atoms with van der Waals surface area (Å²) in [4.78, 5) is 14.1. The van der Waals surface area contributed by atoms with Gasteiger partial charge in [0.05, 0.1) is 12.5 Å². The number of nitrogens with one attached hydrogen (secondary N) is 1. The first-order chi connectivity index (χ1) is 7.83. The van der Waals surface area contributed by atoms with Crippen LogP contribution in [-0.2, 0) is 4.79 Å². The smallest absolute Gasteiger partial charge is 0.228 e. The number of nitrogens with zero attached hydrogens (tertiary/aromatic N) is 1. The lowest BCUT2D eigenvalue weighted by Gasteiger charge is -2.38. The van der Waals surface area contributed by atoms with Gasteiger partial charge in [-0.3, -0.25) is 4.79 Å². The molecule has 1 heterocycles. The van der Waals surface area contributed by atoms with Crippen molar-refractivity contribution in [2.75, 3.05) is 26.2 Å². The predicted octanol–water partition coefficient (Wildman–Crippen LogP) is 0.359. The van der Waals surface area contributed by atoms with Gasteiger partial charge in [0, 0.05) is 25.7 Å². The van der Waals surface area contributed by atoms with E-state index in [9.17, 15) is 4.79 Å². The Kier molecular flexibility index (Phi) is 4.18. The first-order valence-corrected chi connectivity index (χ1v) is 6.45. The Morgan fingerprint density at radius 1 is 1.25 bits per heavy atom. The molecule has 0 aromatic heterocycles. The Hall–Kier alpha value is -0.610. The average molecular weight is 226 g/mol. The van der Waals surface area contributed by atoms with Crippen molar-refractivity contribution in [2.24, 2.45) is 5.92 Å². The van der Waals surface area contributed by atoms with Crippen LogP contribution in [0.15, 0.2) is 0 Å². The predicted molar refractivity (Wildman–Crippen MR) is 62.0 cm³/mol. The lowest BCUT2D eigenvalue weighted by atomic mass is 9.92. The van der Waals surface area contributed by atoms with Crippen LogP contribution in [0, 0.1) is 5.92 Å². The summed E-state index contributed by atoms with van der Waals surface area (Å²) in [5.74, 6) is 0.410. The van der Waals surface area contributed by atoms with Crippen LogP contribution in [0.25, 0.3) is 0 Å². The number of rotatable bonds is 4. The maximum atomic E-state index is 12.2. The fraction of sp³-hybridized carbons (Fsp3) is 0.917. The third kappa shape index (κ3) is 2.55. The van der Waals surface area contributed by atoms with Crippen LogP contribution < -0.4 is 5.32 Å². The van der Waals surface area contributed by atoms with E-state index in [0.29, 0.717) is 12.6 Å². The molecule has 4 nitrogen and oxygen atoms in total. The van der Waals surface area contributed by atoms with E-state index < -0.39 is 0 Å². The molecule has 1 saturated carbocycles. The largest absolute Gasteiger partial charge is 0.395 e. The molecule has 0 bridgehead atoms. The van der Waals surface area contributed by atoms with Crippen molar-refractivity contribution in [2.45, 2.75) is 38.1 Å². The Morgan fingerprint density at radius 3 is 2.44 bits per heavy atom. The zero-order valence-electron chi connectivity index (χ0n) is 9.82. The van der Waals surface area contributed by atoms with Gasteiger partial charge in [0.15, 0.2) is 0 Å². The van der Waals surface area contributed by atoms with Crippen molar-refractivity contribution in [3.8, 4) is 0 Å². The normalized spacial score (nSPS) is 22.8. The molecule has 0 radical (unpaired) electrons. The van der Waals surface area contributed by atoms with E-state index in [2.05, 4.69) is 5.32 Å². The zero-order chi connectivity index (χ0) is 11.4. The van der Waals surface area contributed by atoms with E-state index in [1.807, 2.05) is 4.90 Å². The van der Waals surface area contributed by atoms with Gasteiger partial charge in [-0.25, -0.2) is 0 Å². The molecule has 2 rings (SSSR count). The molecule has 92 valence electrons. The summed E-state index contributed by atoms with van der Waals surface area (Å²) in [5, 5.41) is 12.2. The molecule has 0 atom stereocenters. The summed E-state index contributed by atoms with van der Waals surface area (Å²) in [7, 11) is 0. The van der Waals surface area contributed by atoms with Crippen molar-refractivity contribution in [3.05, 3.63) is 0 Å². The van der Waals surface area contributed by atoms with Gasteiger partial charge in [-0.05, 0) is 12.8 Å². The fourth-order valence-corrected chi connectivity index (χ4v) is 2.67. The Morgan fingerprint density at radius 2 is 1.94 bits per heavy atom. The summed E-state index contributed by atoms with van der Waals surface area (Å²) < 4.78 is 0. The number of aliphatic hydroxyl groups excluding tert-OH is 1. The SMILES string of the molecule is O=C(C1CNC1)N(CCO)C1CCCCC1. The number of aliphatic hydroxyl groups is 1. The molecule has 1 saturated heterocycles. The van der Waals surface area contributed by atoms with Crippen LogP contribution in [0.1, 0.15) is 32.1 Å². The molecule has 4 heteroatoms. The van der Waals surface area contributed by atoms with E-state index in [-0.39, 0.29) is 18.4 Å². The number of carbonyl (C=O) groups is 1. The minimum Gasteiger partial charge on any atom is -0.395 e. The summed E-state index contributed by atoms with van der Waals surface area (Å²) in [6.45, 7) is 2.23.